The molecule has 1 atom stereocenters. The van der Waals surface area contributed by atoms with Crippen LogP contribution in [0.3, 0.4) is 0 Å². The minimum Gasteiger partial charge on any atom is -0.383 e. The fraction of sp³-hybridized carbons (Fsp3) is 0.400. The van der Waals surface area contributed by atoms with Crippen LogP contribution in [-0.4, -0.2) is 66.7 Å². The highest BCUT2D eigenvalue weighted by atomic mass is 16.3. The number of hydrogen-bond acceptors (Lipinski definition) is 7. The molecule has 3 N–H and O–H groups in total. The van der Waals surface area contributed by atoms with Gasteiger partial charge in [-0.3, -0.25) is 34.6 Å². The van der Waals surface area contributed by atoms with Crippen LogP contribution in [0.5, 0.6) is 0 Å². The van der Waals surface area contributed by atoms with Crippen molar-refractivity contribution in [2.24, 2.45) is 0 Å². The molecule has 180 valence electrons. The molecule has 3 aromatic heterocycles. The van der Waals surface area contributed by atoms with Crippen molar-refractivity contribution in [3.8, 4) is 0 Å². The van der Waals surface area contributed by atoms with Gasteiger partial charge in [-0.2, -0.15) is 0 Å². The summed E-state index contributed by atoms with van der Waals surface area (Å²) in [5.41, 5.74) is 3.55. The average molecular weight is 475 g/mol. The molecule has 2 saturated heterocycles. The first-order chi connectivity index (χ1) is 16.9. The zero-order valence-electron chi connectivity index (χ0n) is 19.2. The first kappa shape index (κ1) is 21.9. The fourth-order valence-electron chi connectivity index (χ4n) is 5.37. The summed E-state index contributed by atoms with van der Waals surface area (Å²) >= 11 is 0. The number of aromatic nitrogens is 3. The number of imide groups is 1. The number of nitrogens with zero attached hydrogens (tertiary/aromatic N) is 4. The van der Waals surface area contributed by atoms with Crippen LogP contribution in [0.4, 0.5) is 0 Å². The third-order valence-corrected chi connectivity index (χ3v) is 7.37. The van der Waals surface area contributed by atoms with E-state index in [1.807, 2.05) is 12.1 Å². The lowest BCUT2D eigenvalue weighted by Crippen LogP contribution is -2.52. The van der Waals surface area contributed by atoms with Crippen molar-refractivity contribution in [3.05, 3.63) is 59.2 Å². The van der Waals surface area contributed by atoms with Crippen LogP contribution in [0.25, 0.3) is 11.0 Å². The van der Waals surface area contributed by atoms with Gasteiger partial charge >= 0.3 is 0 Å². The third kappa shape index (κ3) is 3.88. The standard InChI is InChI=1S/C25H26N6O4/c32-22-6-4-20(23(33)29-22)31-14-19-16(24(31)34)3-5-21(28-19)25(35)7-10-30(11-8-25)13-15-12-18-17(27-15)2-1-9-26-18/h1-3,5,9,12,20,27,35H,4,6-8,10-11,13-14H2,(H,29,32,33). The van der Waals surface area contributed by atoms with Crippen molar-refractivity contribution in [1.29, 1.82) is 0 Å². The van der Waals surface area contributed by atoms with E-state index in [9.17, 15) is 19.5 Å². The molecule has 0 saturated carbocycles. The molecule has 2 fully saturated rings. The Balaban J connectivity index is 1.13. The van der Waals surface area contributed by atoms with E-state index in [2.05, 4.69) is 31.2 Å². The van der Waals surface area contributed by atoms with Gasteiger partial charge in [-0.25, -0.2) is 0 Å². The summed E-state index contributed by atoms with van der Waals surface area (Å²) in [6.45, 7) is 2.36. The molecule has 10 nitrogen and oxygen atoms in total. The largest absolute Gasteiger partial charge is 0.383 e. The van der Waals surface area contributed by atoms with Crippen molar-refractivity contribution < 1.29 is 19.5 Å². The number of aliphatic hydroxyl groups is 1. The summed E-state index contributed by atoms with van der Waals surface area (Å²) in [7, 11) is 0. The van der Waals surface area contributed by atoms with Gasteiger partial charge in [-0.1, -0.05) is 0 Å². The fourth-order valence-corrected chi connectivity index (χ4v) is 5.37. The first-order valence-corrected chi connectivity index (χ1v) is 11.9. The predicted octanol–water partition coefficient (Wildman–Crippen LogP) is 1.20. The molecule has 1 unspecified atom stereocenters. The van der Waals surface area contributed by atoms with Gasteiger partial charge in [0, 0.05) is 37.9 Å². The maximum atomic E-state index is 12.9. The quantitative estimate of drug-likeness (QED) is 0.484. The second-order valence-corrected chi connectivity index (χ2v) is 9.63. The lowest BCUT2D eigenvalue weighted by molar-refractivity contribution is -0.136. The lowest BCUT2D eigenvalue weighted by atomic mass is 9.87. The van der Waals surface area contributed by atoms with Crippen molar-refractivity contribution in [2.75, 3.05) is 13.1 Å². The number of likely N-dealkylation sites (tertiary alicyclic amines) is 1. The number of piperidine rings is 2. The van der Waals surface area contributed by atoms with E-state index >= 15 is 0 Å². The Hall–Kier alpha value is -3.63. The van der Waals surface area contributed by atoms with Crippen molar-refractivity contribution in [3.63, 3.8) is 0 Å². The Bertz CT molecular complexity index is 1310. The van der Waals surface area contributed by atoms with Crippen molar-refractivity contribution in [2.45, 2.75) is 50.4 Å². The van der Waals surface area contributed by atoms with Crippen LogP contribution in [0, 0.1) is 0 Å². The van der Waals surface area contributed by atoms with Gasteiger partial charge in [0.15, 0.2) is 0 Å². The molecule has 3 aliphatic rings. The molecule has 6 rings (SSSR count). The van der Waals surface area contributed by atoms with Crippen LogP contribution < -0.4 is 5.32 Å². The Morgan fingerprint density at radius 3 is 2.74 bits per heavy atom. The molecule has 0 radical (unpaired) electrons. The molecule has 3 aliphatic heterocycles. The van der Waals surface area contributed by atoms with E-state index < -0.39 is 17.6 Å². The minimum atomic E-state index is -1.07. The van der Waals surface area contributed by atoms with Gasteiger partial charge in [0.2, 0.25) is 11.8 Å². The highest BCUT2D eigenvalue weighted by molar-refractivity contribution is 6.05. The SMILES string of the molecule is O=C1CCC(N2Cc3nc(C4(O)CCN(Cc5cc6ncccc6[nH]5)CC4)ccc3C2=O)C(=O)N1. The van der Waals surface area contributed by atoms with Crippen molar-refractivity contribution >= 4 is 28.8 Å². The zero-order valence-corrected chi connectivity index (χ0v) is 19.2. The van der Waals surface area contributed by atoms with Crippen molar-refractivity contribution in [1.82, 2.24) is 30.1 Å². The van der Waals surface area contributed by atoms with Gasteiger partial charge in [-0.05, 0) is 49.6 Å². The van der Waals surface area contributed by atoms with Gasteiger partial charge < -0.3 is 15.0 Å². The first-order valence-electron chi connectivity index (χ1n) is 11.9. The highest BCUT2D eigenvalue weighted by Crippen LogP contribution is 2.35. The average Bonchev–Trinajstić information content (AvgIpc) is 3.41. The van der Waals surface area contributed by atoms with Gasteiger partial charge in [-0.15, -0.1) is 0 Å². The molecule has 0 bridgehead atoms. The number of nitrogens with one attached hydrogen (secondary N) is 2. The third-order valence-electron chi connectivity index (χ3n) is 7.37. The second kappa shape index (κ2) is 8.24. The van der Waals surface area contributed by atoms with Crippen LogP contribution in [0.1, 0.15) is 53.1 Å². The number of fused-ring (bicyclic) bond motifs is 2. The molecule has 0 spiro atoms. The number of hydrogen-bond donors (Lipinski definition) is 3. The topological polar surface area (TPSA) is 132 Å². The zero-order chi connectivity index (χ0) is 24.2. The molecule has 0 aromatic carbocycles. The molecule has 3 aromatic rings. The summed E-state index contributed by atoms with van der Waals surface area (Å²) in [5.74, 6) is -1.02. The summed E-state index contributed by atoms with van der Waals surface area (Å²) in [4.78, 5) is 52.9. The van der Waals surface area contributed by atoms with Crippen LogP contribution in [-0.2, 0) is 28.3 Å². The van der Waals surface area contributed by atoms with E-state index in [-0.39, 0.29) is 24.8 Å². The van der Waals surface area contributed by atoms with Gasteiger partial charge in [0.05, 0.1) is 34.5 Å². The molecular weight excluding hydrogens is 448 g/mol. The smallest absolute Gasteiger partial charge is 0.256 e. The number of rotatable bonds is 4. The number of amides is 3. The summed E-state index contributed by atoms with van der Waals surface area (Å²) in [6.07, 6.45) is 3.36. The summed E-state index contributed by atoms with van der Waals surface area (Å²) < 4.78 is 0. The van der Waals surface area contributed by atoms with Crippen LogP contribution in [0.15, 0.2) is 36.5 Å². The summed E-state index contributed by atoms with van der Waals surface area (Å²) in [6, 6.07) is 8.72. The summed E-state index contributed by atoms with van der Waals surface area (Å²) in [5, 5.41) is 13.7. The molecular formula is C25H26N6O4. The number of carbonyl (C=O) groups excluding carboxylic acids is 3. The van der Waals surface area contributed by atoms with Crippen LogP contribution >= 0.6 is 0 Å². The monoisotopic (exact) mass is 474 g/mol. The molecule has 6 heterocycles. The van der Waals surface area contributed by atoms with E-state index in [1.54, 1.807) is 18.3 Å². The maximum Gasteiger partial charge on any atom is 0.256 e. The molecule has 0 aliphatic carbocycles. The van der Waals surface area contributed by atoms with E-state index in [4.69, 9.17) is 0 Å². The molecule has 3 amide bonds. The number of pyridine rings is 2. The maximum absolute atomic E-state index is 12.9. The predicted molar refractivity (Wildman–Crippen MR) is 125 cm³/mol. The Morgan fingerprint density at radius 2 is 1.97 bits per heavy atom. The Morgan fingerprint density at radius 1 is 1.14 bits per heavy atom. The van der Waals surface area contributed by atoms with Gasteiger partial charge in [0.1, 0.15) is 11.6 Å². The Kier molecular flexibility index (Phi) is 5.15. The lowest BCUT2D eigenvalue weighted by Gasteiger charge is -2.37. The normalized spacial score (nSPS) is 22.5. The van der Waals surface area contributed by atoms with Gasteiger partial charge in [0.25, 0.3) is 5.91 Å². The van der Waals surface area contributed by atoms with E-state index in [0.717, 1.165) is 23.3 Å². The van der Waals surface area contributed by atoms with Crippen LogP contribution in [0.2, 0.25) is 0 Å². The highest BCUT2D eigenvalue weighted by Gasteiger charge is 2.41. The Labute approximate surface area is 201 Å². The molecule has 35 heavy (non-hydrogen) atoms. The number of carbonyl (C=O) groups is 3. The van der Waals surface area contributed by atoms with E-state index in [0.29, 0.717) is 49.3 Å². The second-order valence-electron chi connectivity index (χ2n) is 9.63. The van der Waals surface area contributed by atoms with E-state index in [1.165, 1.54) is 4.90 Å². The number of aromatic amines is 1. The number of H-pyrrole nitrogens is 1. The minimum absolute atomic E-state index is 0.199. The molecule has 10 heteroatoms.